The van der Waals surface area contributed by atoms with E-state index in [-0.39, 0.29) is 11.9 Å². The zero-order chi connectivity index (χ0) is 28.1. The van der Waals surface area contributed by atoms with E-state index in [9.17, 15) is 4.79 Å². The van der Waals surface area contributed by atoms with Crippen molar-refractivity contribution < 1.29 is 9.53 Å². The lowest BCUT2D eigenvalue weighted by Gasteiger charge is -2.16. The zero-order valence-electron chi connectivity index (χ0n) is 26.4. The number of unbranched alkanes of at least 4 members (excludes halogenated alkanes) is 23. The molecule has 0 bridgehead atoms. The molecule has 39 heavy (non-hydrogen) atoms. The maximum absolute atomic E-state index is 13.0. The quantitative estimate of drug-likeness (QED) is 0.0743. The van der Waals surface area contributed by atoms with E-state index in [1.54, 1.807) is 0 Å². The molecule has 1 rings (SSSR count). The van der Waals surface area contributed by atoms with Crippen LogP contribution >= 0.6 is 0 Å². The fraction of sp³-hybridized carbons (Fsp3) is 0.811. The average Bonchev–Trinajstić information content (AvgIpc) is 2.96. The van der Waals surface area contributed by atoms with Crippen molar-refractivity contribution in [3.8, 4) is 0 Å². The van der Waals surface area contributed by atoms with Gasteiger partial charge in [-0.15, -0.1) is 0 Å². The Bertz CT molecular complexity index is 626. The van der Waals surface area contributed by atoms with Crippen LogP contribution in [0, 0.1) is 0 Å². The Morgan fingerprint density at radius 2 is 0.872 bits per heavy atom. The van der Waals surface area contributed by atoms with Crippen LogP contribution in [0.2, 0.25) is 0 Å². The molecule has 1 aromatic carbocycles. The highest BCUT2D eigenvalue weighted by molar-refractivity contribution is 5.78. The third-order valence-electron chi connectivity index (χ3n) is 8.33. The third kappa shape index (κ3) is 22.1. The molecule has 0 aliphatic carbocycles. The number of carbonyl (C=O) groups excluding carboxylic acids is 1. The SMILES string of the molecule is CCCCCCCCCCCCCCCCC(C(=O)OCCCCCCCCCCCCC)c1ccccc1. The van der Waals surface area contributed by atoms with E-state index in [0.29, 0.717) is 6.61 Å². The molecule has 1 atom stereocenters. The van der Waals surface area contributed by atoms with Crippen LogP contribution in [0.3, 0.4) is 0 Å². The molecule has 0 aliphatic rings. The fourth-order valence-electron chi connectivity index (χ4n) is 5.69. The van der Waals surface area contributed by atoms with Crippen molar-refractivity contribution in [3.63, 3.8) is 0 Å². The highest BCUT2D eigenvalue weighted by Crippen LogP contribution is 2.25. The molecular weight excluding hydrogens is 476 g/mol. The summed E-state index contributed by atoms with van der Waals surface area (Å²) in [4.78, 5) is 13.0. The van der Waals surface area contributed by atoms with Crippen molar-refractivity contribution in [1.29, 1.82) is 0 Å². The zero-order valence-corrected chi connectivity index (χ0v) is 26.4. The van der Waals surface area contributed by atoms with E-state index < -0.39 is 0 Å². The monoisotopic (exact) mass is 543 g/mol. The summed E-state index contributed by atoms with van der Waals surface area (Å²) in [6.45, 7) is 5.15. The average molecular weight is 543 g/mol. The second kappa shape index (κ2) is 28.2. The van der Waals surface area contributed by atoms with Gasteiger partial charge in [0.1, 0.15) is 0 Å². The topological polar surface area (TPSA) is 26.3 Å². The van der Waals surface area contributed by atoms with E-state index in [1.807, 2.05) is 18.2 Å². The lowest BCUT2D eigenvalue weighted by molar-refractivity contribution is -0.145. The van der Waals surface area contributed by atoms with Crippen LogP contribution in [-0.4, -0.2) is 12.6 Å². The van der Waals surface area contributed by atoms with E-state index in [1.165, 1.54) is 148 Å². The van der Waals surface area contributed by atoms with Crippen molar-refractivity contribution in [2.75, 3.05) is 6.61 Å². The lowest BCUT2D eigenvalue weighted by Crippen LogP contribution is -2.17. The number of rotatable bonds is 29. The van der Waals surface area contributed by atoms with Gasteiger partial charge in [0.05, 0.1) is 12.5 Å². The Morgan fingerprint density at radius 3 is 1.28 bits per heavy atom. The number of ether oxygens (including phenoxy) is 1. The second-order valence-corrected chi connectivity index (χ2v) is 12.1. The van der Waals surface area contributed by atoms with Crippen LogP contribution in [0.15, 0.2) is 30.3 Å². The molecular formula is C37H66O2. The molecule has 2 heteroatoms. The second-order valence-electron chi connectivity index (χ2n) is 12.1. The maximum atomic E-state index is 13.0. The van der Waals surface area contributed by atoms with Crippen LogP contribution in [0.25, 0.3) is 0 Å². The van der Waals surface area contributed by atoms with Gasteiger partial charge in [-0.1, -0.05) is 198 Å². The highest BCUT2D eigenvalue weighted by Gasteiger charge is 2.21. The third-order valence-corrected chi connectivity index (χ3v) is 8.33. The van der Waals surface area contributed by atoms with Crippen molar-refractivity contribution >= 4 is 5.97 Å². The first-order valence-electron chi connectivity index (χ1n) is 17.5. The van der Waals surface area contributed by atoms with Gasteiger partial charge in [0.25, 0.3) is 0 Å². The van der Waals surface area contributed by atoms with Crippen LogP contribution < -0.4 is 0 Å². The lowest BCUT2D eigenvalue weighted by atomic mass is 9.93. The minimum Gasteiger partial charge on any atom is -0.465 e. The smallest absolute Gasteiger partial charge is 0.313 e. The summed E-state index contributed by atoms with van der Waals surface area (Å²) in [5, 5.41) is 0. The van der Waals surface area contributed by atoms with Crippen LogP contribution in [0.1, 0.15) is 192 Å². The molecule has 1 unspecified atom stereocenters. The summed E-state index contributed by atoms with van der Waals surface area (Å²) in [7, 11) is 0. The first-order chi connectivity index (χ1) is 19.3. The van der Waals surface area contributed by atoms with Crippen LogP contribution in [0.5, 0.6) is 0 Å². The van der Waals surface area contributed by atoms with Gasteiger partial charge in [0.2, 0.25) is 0 Å². The van der Waals surface area contributed by atoms with Crippen molar-refractivity contribution in [2.24, 2.45) is 0 Å². The van der Waals surface area contributed by atoms with Gasteiger partial charge in [0, 0.05) is 0 Å². The van der Waals surface area contributed by atoms with E-state index in [0.717, 1.165) is 24.8 Å². The summed E-state index contributed by atoms with van der Waals surface area (Å²) in [6.07, 6.45) is 34.5. The Kier molecular flexibility index (Phi) is 25.9. The number of esters is 1. The van der Waals surface area contributed by atoms with Gasteiger partial charge in [0.15, 0.2) is 0 Å². The minimum absolute atomic E-state index is 0.0111. The molecule has 226 valence electrons. The minimum atomic E-state index is -0.101. The molecule has 0 aromatic heterocycles. The van der Waals surface area contributed by atoms with Gasteiger partial charge >= 0.3 is 5.97 Å². The predicted octanol–water partition coefficient (Wildman–Crippen LogP) is 12.5. The molecule has 0 heterocycles. The number of carbonyl (C=O) groups is 1. The highest BCUT2D eigenvalue weighted by atomic mass is 16.5. The predicted molar refractivity (Wildman–Crippen MR) is 172 cm³/mol. The summed E-state index contributed by atoms with van der Waals surface area (Å²) in [6, 6.07) is 10.3. The van der Waals surface area contributed by atoms with E-state index in [4.69, 9.17) is 4.74 Å². The molecule has 0 N–H and O–H groups in total. The first-order valence-corrected chi connectivity index (χ1v) is 17.5. The standard InChI is InChI=1S/C37H66O2/c1-3-5-7-9-11-13-15-16-17-18-20-22-24-29-33-36(35-31-27-26-28-32-35)37(38)39-34-30-25-23-21-19-14-12-10-8-6-4-2/h26-28,31-32,36H,3-25,29-30,33-34H2,1-2H3. The fourth-order valence-corrected chi connectivity index (χ4v) is 5.69. The van der Waals surface area contributed by atoms with Crippen molar-refractivity contribution in [2.45, 2.75) is 187 Å². The normalized spacial score (nSPS) is 12.1. The van der Waals surface area contributed by atoms with Gasteiger partial charge in [-0.2, -0.15) is 0 Å². The van der Waals surface area contributed by atoms with Crippen LogP contribution in [-0.2, 0) is 9.53 Å². The summed E-state index contributed by atoms with van der Waals surface area (Å²) in [5.41, 5.74) is 1.12. The molecule has 0 fully saturated rings. The Morgan fingerprint density at radius 1 is 0.513 bits per heavy atom. The summed E-state index contributed by atoms with van der Waals surface area (Å²) < 4.78 is 5.77. The van der Waals surface area contributed by atoms with Crippen LogP contribution in [0.4, 0.5) is 0 Å². The molecule has 0 saturated carbocycles. The molecule has 0 aliphatic heterocycles. The first kappa shape index (κ1) is 35.7. The van der Waals surface area contributed by atoms with Gasteiger partial charge < -0.3 is 4.74 Å². The molecule has 0 amide bonds. The van der Waals surface area contributed by atoms with Gasteiger partial charge in [-0.25, -0.2) is 0 Å². The maximum Gasteiger partial charge on any atom is 0.313 e. The summed E-state index contributed by atoms with van der Waals surface area (Å²) >= 11 is 0. The van der Waals surface area contributed by atoms with Gasteiger partial charge in [-0.3, -0.25) is 4.79 Å². The molecule has 2 nitrogen and oxygen atoms in total. The van der Waals surface area contributed by atoms with Gasteiger partial charge in [-0.05, 0) is 18.4 Å². The molecule has 1 aromatic rings. The number of hydrogen-bond acceptors (Lipinski definition) is 2. The molecule has 0 radical (unpaired) electrons. The largest absolute Gasteiger partial charge is 0.465 e. The van der Waals surface area contributed by atoms with E-state index >= 15 is 0 Å². The van der Waals surface area contributed by atoms with Crippen molar-refractivity contribution in [3.05, 3.63) is 35.9 Å². The Balaban J connectivity index is 2.09. The number of benzene rings is 1. The Labute approximate surface area is 244 Å². The number of hydrogen-bond donors (Lipinski definition) is 0. The molecule has 0 spiro atoms. The Hall–Kier alpha value is -1.31. The molecule has 0 saturated heterocycles. The van der Waals surface area contributed by atoms with E-state index in [2.05, 4.69) is 26.0 Å². The summed E-state index contributed by atoms with van der Waals surface area (Å²) in [5.74, 6) is -0.112. The van der Waals surface area contributed by atoms with Crippen molar-refractivity contribution in [1.82, 2.24) is 0 Å².